The number of nitrogens with one attached hydrogen (secondary N) is 2. The van der Waals surface area contributed by atoms with Gasteiger partial charge in [0.05, 0.1) is 0 Å². The first kappa shape index (κ1) is 17.7. The molecule has 2 N–H and O–H groups in total. The van der Waals surface area contributed by atoms with Crippen LogP contribution in [0, 0.1) is 11.8 Å². The van der Waals surface area contributed by atoms with Crippen molar-refractivity contribution >= 4 is 18.3 Å². The summed E-state index contributed by atoms with van der Waals surface area (Å²) >= 11 is 0. The summed E-state index contributed by atoms with van der Waals surface area (Å²) in [5.74, 6) is 1.42. The lowest BCUT2D eigenvalue weighted by atomic mass is 9.80. The van der Waals surface area contributed by atoms with Gasteiger partial charge in [0.15, 0.2) is 0 Å². The highest BCUT2D eigenvalue weighted by molar-refractivity contribution is 5.85. The molecule has 0 aliphatic heterocycles. The number of halogens is 1. The average Bonchev–Trinajstić information content (AvgIpc) is 2.38. The molecule has 18 heavy (non-hydrogen) atoms. The molecule has 0 radical (unpaired) electrons. The number of hydrogen-bond donors (Lipinski definition) is 2. The summed E-state index contributed by atoms with van der Waals surface area (Å²) in [7, 11) is 0. The fourth-order valence-corrected chi connectivity index (χ4v) is 2.55. The van der Waals surface area contributed by atoms with Gasteiger partial charge < -0.3 is 10.6 Å². The molecule has 0 saturated heterocycles. The Bertz CT molecular complexity index is 216. The topological polar surface area (TPSA) is 41.1 Å². The maximum Gasteiger partial charge on any atom is 0.223 e. The summed E-state index contributed by atoms with van der Waals surface area (Å²) in [4.78, 5) is 11.9. The molecule has 0 aromatic carbocycles. The Kier molecular flexibility index (Phi) is 10.5. The van der Waals surface area contributed by atoms with Crippen molar-refractivity contribution in [3.63, 3.8) is 0 Å². The molecule has 1 aliphatic carbocycles. The van der Waals surface area contributed by atoms with Gasteiger partial charge in [0.2, 0.25) is 5.91 Å². The van der Waals surface area contributed by atoms with E-state index < -0.39 is 0 Å². The van der Waals surface area contributed by atoms with Crippen LogP contribution < -0.4 is 10.6 Å². The Labute approximate surface area is 118 Å². The highest BCUT2D eigenvalue weighted by Crippen LogP contribution is 2.30. The van der Waals surface area contributed by atoms with Crippen molar-refractivity contribution < 1.29 is 4.79 Å². The highest BCUT2D eigenvalue weighted by Gasteiger charge is 2.24. The molecule has 1 saturated carbocycles. The molecule has 0 unspecified atom stereocenters. The van der Waals surface area contributed by atoms with Gasteiger partial charge in [-0.1, -0.05) is 20.3 Å². The van der Waals surface area contributed by atoms with Crippen molar-refractivity contribution in [1.29, 1.82) is 0 Å². The zero-order valence-electron chi connectivity index (χ0n) is 11.8. The van der Waals surface area contributed by atoms with Crippen molar-refractivity contribution in [2.24, 2.45) is 11.8 Å². The molecule has 1 amide bonds. The van der Waals surface area contributed by atoms with Gasteiger partial charge >= 0.3 is 0 Å². The summed E-state index contributed by atoms with van der Waals surface area (Å²) in [5.41, 5.74) is 0. The minimum Gasteiger partial charge on any atom is -0.355 e. The van der Waals surface area contributed by atoms with Gasteiger partial charge in [0.25, 0.3) is 0 Å². The zero-order valence-corrected chi connectivity index (χ0v) is 12.7. The molecule has 4 heteroatoms. The fourth-order valence-electron chi connectivity index (χ4n) is 2.55. The molecule has 0 heterocycles. The second-order valence-electron chi connectivity index (χ2n) is 5.17. The fraction of sp³-hybridized carbons (Fsp3) is 0.929. The lowest BCUT2D eigenvalue weighted by Gasteiger charge is -2.26. The molecule has 0 aromatic heterocycles. The van der Waals surface area contributed by atoms with Crippen LogP contribution in [0.5, 0.6) is 0 Å². The first-order chi connectivity index (χ1) is 8.27. The summed E-state index contributed by atoms with van der Waals surface area (Å²) in [6.07, 6.45) is 7.08. The van der Waals surface area contributed by atoms with Gasteiger partial charge in [-0.3, -0.25) is 4.79 Å². The second kappa shape index (κ2) is 10.6. The Morgan fingerprint density at radius 2 is 1.72 bits per heavy atom. The summed E-state index contributed by atoms with van der Waals surface area (Å²) < 4.78 is 0. The van der Waals surface area contributed by atoms with Crippen LogP contribution >= 0.6 is 12.4 Å². The van der Waals surface area contributed by atoms with Gasteiger partial charge in [-0.25, -0.2) is 0 Å². The molecule has 108 valence electrons. The molecule has 1 fully saturated rings. The van der Waals surface area contributed by atoms with E-state index in [1.807, 2.05) is 0 Å². The number of amides is 1. The van der Waals surface area contributed by atoms with Crippen molar-refractivity contribution in [2.45, 2.75) is 52.4 Å². The highest BCUT2D eigenvalue weighted by atomic mass is 35.5. The van der Waals surface area contributed by atoms with Crippen molar-refractivity contribution in [3.8, 4) is 0 Å². The average molecular weight is 277 g/mol. The molecule has 1 rings (SSSR count). The Morgan fingerprint density at radius 1 is 1.06 bits per heavy atom. The number of hydrogen-bond acceptors (Lipinski definition) is 2. The Hall–Kier alpha value is -0.280. The van der Waals surface area contributed by atoms with E-state index in [0.717, 1.165) is 44.8 Å². The maximum absolute atomic E-state index is 11.9. The third-order valence-corrected chi connectivity index (χ3v) is 3.82. The number of carbonyl (C=O) groups excluding carboxylic acids is 1. The Morgan fingerprint density at radius 3 is 2.28 bits per heavy atom. The minimum atomic E-state index is 0. The molecular formula is C14H29ClN2O. The zero-order chi connectivity index (χ0) is 12.5. The van der Waals surface area contributed by atoms with Crippen LogP contribution in [0.3, 0.4) is 0 Å². The maximum atomic E-state index is 11.9. The smallest absolute Gasteiger partial charge is 0.223 e. The van der Waals surface area contributed by atoms with E-state index in [9.17, 15) is 4.79 Å². The molecule has 0 spiro atoms. The lowest BCUT2D eigenvalue weighted by Crippen LogP contribution is -2.37. The second-order valence-corrected chi connectivity index (χ2v) is 5.17. The van der Waals surface area contributed by atoms with Crippen LogP contribution in [0.2, 0.25) is 0 Å². The molecular weight excluding hydrogens is 248 g/mol. The van der Waals surface area contributed by atoms with Crippen molar-refractivity contribution in [1.82, 2.24) is 10.6 Å². The van der Waals surface area contributed by atoms with Gasteiger partial charge in [0, 0.05) is 19.0 Å². The monoisotopic (exact) mass is 276 g/mol. The van der Waals surface area contributed by atoms with Gasteiger partial charge in [-0.05, 0) is 44.6 Å². The van der Waals surface area contributed by atoms with Crippen LogP contribution in [-0.2, 0) is 4.79 Å². The van der Waals surface area contributed by atoms with E-state index in [1.54, 1.807) is 0 Å². The van der Waals surface area contributed by atoms with E-state index in [2.05, 4.69) is 24.5 Å². The van der Waals surface area contributed by atoms with Crippen molar-refractivity contribution in [3.05, 3.63) is 0 Å². The minimum absolute atomic E-state index is 0. The first-order valence-electron chi connectivity index (χ1n) is 7.26. The van der Waals surface area contributed by atoms with Gasteiger partial charge in [0.1, 0.15) is 0 Å². The molecule has 3 nitrogen and oxygen atoms in total. The molecule has 0 aromatic rings. The number of rotatable bonds is 7. The van der Waals surface area contributed by atoms with Gasteiger partial charge in [-0.15, -0.1) is 12.4 Å². The van der Waals surface area contributed by atoms with Crippen LogP contribution in [0.15, 0.2) is 0 Å². The SMILES string of the molecule is CCCNCCNC(=O)C1CCC(CC)CC1.Cl. The van der Waals surface area contributed by atoms with Crippen molar-refractivity contribution in [2.75, 3.05) is 19.6 Å². The van der Waals surface area contributed by atoms with Gasteiger partial charge in [-0.2, -0.15) is 0 Å². The summed E-state index contributed by atoms with van der Waals surface area (Å²) in [6.45, 7) is 7.11. The lowest BCUT2D eigenvalue weighted by molar-refractivity contribution is -0.126. The summed E-state index contributed by atoms with van der Waals surface area (Å²) in [6, 6.07) is 0. The van der Waals surface area contributed by atoms with E-state index in [-0.39, 0.29) is 24.2 Å². The normalized spacial score (nSPS) is 23.2. The van der Waals surface area contributed by atoms with E-state index in [1.165, 1.54) is 19.3 Å². The third kappa shape index (κ3) is 6.60. The van der Waals surface area contributed by atoms with E-state index in [4.69, 9.17) is 0 Å². The van der Waals surface area contributed by atoms with Crippen LogP contribution in [-0.4, -0.2) is 25.5 Å². The largest absolute Gasteiger partial charge is 0.355 e. The van der Waals surface area contributed by atoms with Crippen LogP contribution in [0.25, 0.3) is 0 Å². The van der Waals surface area contributed by atoms with Crippen LogP contribution in [0.4, 0.5) is 0 Å². The van der Waals surface area contributed by atoms with E-state index >= 15 is 0 Å². The Balaban J connectivity index is 0.00000289. The first-order valence-corrected chi connectivity index (χ1v) is 7.26. The predicted octanol–water partition coefficient (Wildman–Crippen LogP) is 2.74. The molecule has 0 atom stereocenters. The third-order valence-electron chi connectivity index (χ3n) is 3.82. The van der Waals surface area contributed by atoms with Crippen LogP contribution in [0.1, 0.15) is 52.4 Å². The quantitative estimate of drug-likeness (QED) is 0.702. The van der Waals surface area contributed by atoms with E-state index in [0.29, 0.717) is 0 Å². The number of carbonyl (C=O) groups is 1. The standard InChI is InChI=1S/C14H28N2O.ClH/c1-3-9-15-10-11-16-14(17)13-7-5-12(4-2)6-8-13;/h12-13,15H,3-11H2,1-2H3,(H,16,17);1H. The molecule has 1 aliphatic rings. The predicted molar refractivity (Wildman–Crippen MR) is 79.2 cm³/mol. The molecule has 0 bridgehead atoms. The summed E-state index contributed by atoms with van der Waals surface area (Å²) in [5, 5.41) is 6.34.